The van der Waals surface area contributed by atoms with Gasteiger partial charge in [-0.1, -0.05) is 40.4 Å². The van der Waals surface area contributed by atoms with Crippen molar-refractivity contribution in [1.82, 2.24) is 4.81 Å². The molecule has 0 aliphatic carbocycles. The summed E-state index contributed by atoms with van der Waals surface area (Å²) < 4.78 is 14.3. The lowest BCUT2D eigenvalue weighted by atomic mass is 9.79. The summed E-state index contributed by atoms with van der Waals surface area (Å²) in [5, 5.41) is 12.5. The van der Waals surface area contributed by atoms with Crippen LogP contribution in [0.15, 0.2) is 16.6 Å². The van der Waals surface area contributed by atoms with E-state index in [0.29, 0.717) is 10.9 Å². The van der Waals surface area contributed by atoms with Crippen molar-refractivity contribution in [2.75, 3.05) is 18.4 Å². The lowest BCUT2D eigenvalue weighted by molar-refractivity contribution is -0.137. The van der Waals surface area contributed by atoms with Gasteiger partial charge in [-0.25, -0.2) is 4.39 Å². The fourth-order valence-electron chi connectivity index (χ4n) is 3.28. The van der Waals surface area contributed by atoms with Gasteiger partial charge in [0.15, 0.2) is 0 Å². The molecule has 1 aromatic carbocycles. The second-order valence-electron chi connectivity index (χ2n) is 8.20. The molecule has 2 unspecified atom stereocenters. The number of halogens is 2. The number of carboxylic acid groups (broad SMARTS) is 1. The Morgan fingerprint density at radius 3 is 2.62 bits per heavy atom. The van der Waals surface area contributed by atoms with Crippen molar-refractivity contribution in [3.8, 4) is 0 Å². The summed E-state index contributed by atoms with van der Waals surface area (Å²) in [5.41, 5.74) is 1.76. The van der Waals surface area contributed by atoms with Gasteiger partial charge >= 0.3 is 5.97 Å². The molecular weight excluding hydrogens is 434 g/mol. The Morgan fingerprint density at radius 1 is 1.41 bits per heavy atom. The molecular formula is C22H36BBrFN2O2. The fraction of sp³-hybridized carbons (Fsp3) is 0.682. The molecule has 1 heterocycles. The third-order valence-electron chi connectivity index (χ3n) is 5.36. The van der Waals surface area contributed by atoms with Crippen molar-refractivity contribution in [3.63, 3.8) is 0 Å². The number of rotatable bonds is 8. The number of nitrogens with one attached hydrogen (secondary N) is 1. The minimum Gasteiger partial charge on any atom is -0.481 e. The second kappa shape index (κ2) is 13.3. The molecule has 0 amide bonds. The molecule has 0 spiro atoms. The Hall–Kier alpha value is -1.08. The number of hydrogen-bond donors (Lipinski definition) is 2. The first-order valence-electron chi connectivity index (χ1n) is 10.7. The third-order valence-corrected chi connectivity index (χ3v) is 5.97. The first kappa shape index (κ1) is 26.0. The predicted octanol–water partition coefficient (Wildman–Crippen LogP) is 5.97. The van der Waals surface area contributed by atoms with E-state index in [1.165, 1.54) is 12.5 Å². The Morgan fingerprint density at radius 2 is 2.07 bits per heavy atom. The average Bonchev–Trinajstić information content (AvgIpc) is 2.66. The van der Waals surface area contributed by atoms with Crippen LogP contribution in [0.1, 0.15) is 58.9 Å². The number of hydrogen-bond acceptors (Lipinski definition) is 3. The van der Waals surface area contributed by atoms with Gasteiger partial charge in [0.25, 0.3) is 0 Å². The summed E-state index contributed by atoms with van der Waals surface area (Å²) in [5.74, 6) is 0.0527. The van der Waals surface area contributed by atoms with Crippen LogP contribution in [0.3, 0.4) is 0 Å². The van der Waals surface area contributed by atoms with Crippen LogP contribution < -0.4 is 5.32 Å². The number of aryl methyl sites for hydroxylation is 1. The molecule has 2 atom stereocenters. The highest BCUT2D eigenvalue weighted by Gasteiger charge is 2.29. The van der Waals surface area contributed by atoms with Crippen LogP contribution in [-0.4, -0.2) is 42.4 Å². The molecule has 1 aliphatic heterocycles. The first-order valence-corrected chi connectivity index (χ1v) is 11.5. The van der Waals surface area contributed by atoms with Gasteiger partial charge in [0.05, 0.1) is 4.47 Å². The zero-order valence-corrected chi connectivity index (χ0v) is 20.1. The van der Waals surface area contributed by atoms with E-state index in [1.807, 2.05) is 6.92 Å². The monoisotopic (exact) mass is 469 g/mol. The van der Waals surface area contributed by atoms with Crippen LogP contribution in [0.2, 0.25) is 6.32 Å². The van der Waals surface area contributed by atoms with Crippen molar-refractivity contribution >= 4 is 35.0 Å². The number of piperidine rings is 1. The molecule has 2 N–H and O–H groups in total. The molecule has 163 valence electrons. The Labute approximate surface area is 185 Å². The number of anilines is 1. The van der Waals surface area contributed by atoms with E-state index in [1.54, 1.807) is 6.07 Å². The largest absolute Gasteiger partial charge is 0.481 e. The summed E-state index contributed by atoms with van der Waals surface area (Å²) in [6.45, 7) is 12.5. The van der Waals surface area contributed by atoms with E-state index in [4.69, 9.17) is 5.11 Å². The van der Waals surface area contributed by atoms with Crippen molar-refractivity contribution in [2.45, 2.75) is 72.7 Å². The molecule has 1 fully saturated rings. The SMILES string of the molecule is CCC(C)C.CC[B]N1CCC(Nc2cc(F)c(Br)cc2C)C(CCC(=O)O)C1. The molecule has 2 rings (SSSR count). The number of aliphatic carboxylic acids is 1. The summed E-state index contributed by atoms with van der Waals surface area (Å²) in [7, 11) is 2.18. The Kier molecular flexibility index (Phi) is 11.9. The van der Waals surface area contributed by atoms with Crippen molar-refractivity contribution < 1.29 is 14.3 Å². The van der Waals surface area contributed by atoms with Gasteiger partial charge in [0.1, 0.15) is 5.82 Å². The average molecular weight is 470 g/mol. The number of carboxylic acids is 1. The topological polar surface area (TPSA) is 52.6 Å². The number of benzene rings is 1. The van der Waals surface area contributed by atoms with E-state index in [0.717, 1.165) is 43.0 Å². The highest BCUT2D eigenvalue weighted by molar-refractivity contribution is 9.10. The highest BCUT2D eigenvalue weighted by Crippen LogP contribution is 2.29. The first-order chi connectivity index (χ1) is 13.7. The van der Waals surface area contributed by atoms with E-state index in [-0.39, 0.29) is 24.2 Å². The molecule has 1 aromatic rings. The van der Waals surface area contributed by atoms with Gasteiger partial charge in [-0.15, -0.1) is 0 Å². The molecule has 4 nitrogen and oxygen atoms in total. The van der Waals surface area contributed by atoms with E-state index in [9.17, 15) is 9.18 Å². The van der Waals surface area contributed by atoms with Crippen LogP contribution in [0, 0.1) is 24.6 Å². The minimum atomic E-state index is -0.767. The summed E-state index contributed by atoms with van der Waals surface area (Å²) in [6.07, 6.45) is 3.98. The van der Waals surface area contributed by atoms with Crippen LogP contribution in [0.4, 0.5) is 10.1 Å². The quantitative estimate of drug-likeness (QED) is 0.460. The van der Waals surface area contributed by atoms with Gasteiger partial charge in [0.2, 0.25) is 7.41 Å². The number of nitrogens with zero attached hydrogens (tertiary/aromatic N) is 1. The molecule has 1 aliphatic rings. The molecule has 0 aromatic heterocycles. The highest BCUT2D eigenvalue weighted by atomic mass is 79.9. The standard InChI is InChI=1S/C17H24BBrFN2O2.C5H12/c1-3-18-22-7-6-15(12(10-22)4-5-17(23)24)21-16-9-14(20)13(19)8-11(16)2;1-4-5(2)3/h8-9,12,15,21H,3-7,10H2,1-2H3,(H,23,24);5H,4H2,1-3H3. The van der Waals surface area contributed by atoms with Gasteiger partial charge in [-0.3, -0.25) is 4.79 Å². The second-order valence-corrected chi connectivity index (χ2v) is 9.06. The Balaban J connectivity index is 0.000000749. The van der Waals surface area contributed by atoms with Crippen LogP contribution in [0.5, 0.6) is 0 Å². The zero-order chi connectivity index (χ0) is 22.0. The van der Waals surface area contributed by atoms with Gasteiger partial charge in [0, 0.05) is 18.2 Å². The van der Waals surface area contributed by atoms with E-state index < -0.39 is 5.97 Å². The molecule has 1 saturated heterocycles. The maximum atomic E-state index is 13.8. The number of carbonyl (C=O) groups is 1. The van der Waals surface area contributed by atoms with E-state index in [2.05, 4.69) is 61.2 Å². The van der Waals surface area contributed by atoms with E-state index >= 15 is 0 Å². The fourth-order valence-corrected chi connectivity index (χ4v) is 3.74. The summed E-state index contributed by atoms with van der Waals surface area (Å²) in [4.78, 5) is 13.2. The lowest BCUT2D eigenvalue weighted by Gasteiger charge is -2.39. The van der Waals surface area contributed by atoms with Crippen molar-refractivity contribution in [3.05, 3.63) is 28.0 Å². The molecule has 7 heteroatoms. The smallest absolute Gasteiger partial charge is 0.303 e. The maximum absolute atomic E-state index is 13.8. The Bertz CT molecular complexity index is 645. The summed E-state index contributed by atoms with van der Waals surface area (Å²) in [6, 6.07) is 3.44. The lowest BCUT2D eigenvalue weighted by Crippen LogP contribution is -2.47. The third kappa shape index (κ3) is 9.52. The minimum absolute atomic E-state index is 0.158. The molecule has 0 saturated carbocycles. The van der Waals surface area contributed by atoms with Gasteiger partial charge in [-0.05, 0) is 78.3 Å². The summed E-state index contributed by atoms with van der Waals surface area (Å²) >= 11 is 3.20. The van der Waals surface area contributed by atoms with Crippen molar-refractivity contribution in [2.24, 2.45) is 11.8 Å². The molecule has 0 bridgehead atoms. The molecule has 29 heavy (non-hydrogen) atoms. The van der Waals surface area contributed by atoms with Gasteiger partial charge in [-0.2, -0.15) is 0 Å². The normalized spacial score (nSPS) is 19.4. The van der Waals surface area contributed by atoms with Crippen LogP contribution in [-0.2, 0) is 4.79 Å². The zero-order valence-electron chi connectivity index (χ0n) is 18.5. The predicted molar refractivity (Wildman–Crippen MR) is 124 cm³/mol. The maximum Gasteiger partial charge on any atom is 0.303 e. The van der Waals surface area contributed by atoms with Crippen molar-refractivity contribution in [1.29, 1.82) is 0 Å². The molecule has 1 radical (unpaired) electrons. The van der Waals surface area contributed by atoms with Crippen LogP contribution >= 0.6 is 15.9 Å². The van der Waals surface area contributed by atoms with Crippen LogP contribution in [0.25, 0.3) is 0 Å². The van der Waals surface area contributed by atoms with Gasteiger partial charge < -0.3 is 15.2 Å².